The van der Waals surface area contributed by atoms with Crippen LogP contribution in [0.15, 0.2) is 0 Å². The summed E-state index contributed by atoms with van der Waals surface area (Å²) in [5, 5.41) is 9.02. The van der Waals surface area contributed by atoms with Gasteiger partial charge in [0.2, 0.25) is 0 Å². The zero-order valence-corrected chi connectivity index (χ0v) is 9.87. The lowest BCUT2D eigenvalue weighted by molar-refractivity contribution is 0.133. The highest BCUT2D eigenvalue weighted by Crippen LogP contribution is 2.10. The van der Waals surface area contributed by atoms with Crippen LogP contribution >= 0.6 is 0 Å². The van der Waals surface area contributed by atoms with E-state index >= 15 is 0 Å². The quantitative estimate of drug-likeness (QED) is 0.619. The SMILES string of the molecule is CCC(CC)N(CCN)CC(C)CO. The van der Waals surface area contributed by atoms with Gasteiger partial charge in [-0.3, -0.25) is 4.90 Å². The number of hydrogen-bond donors (Lipinski definition) is 2. The third kappa shape index (κ3) is 4.94. The van der Waals surface area contributed by atoms with Gasteiger partial charge in [0.1, 0.15) is 0 Å². The van der Waals surface area contributed by atoms with Gasteiger partial charge in [0.05, 0.1) is 0 Å². The van der Waals surface area contributed by atoms with E-state index in [0.29, 0.717) is 18.5 Å². The molecule has 0 amide bonds. The first-order valence-corrected chi connectivity index (χ1v) is 5.74. The van der Waals surface area contributed by atoms with E-state index in [1.165, 1.54) is 0 Å². The summed E-state index contributed by atoms with van der Waals surface area (Å²) >= 11 is 0. The molecule has 1 atom stereocenters. The summed E-state index contributed by atoms with van der Waals surface area (Å²) in [7, 11) is 0. The second kappa shape index (κ2) is 8.21. The molecule has 0 aromatic carbocycles. The zero-order valence-electron chi connectivity index (χ0n) is 9.87. The van der Waals surface area contributed by atoms with Crippen molar-refractivity contribution in [2.24, 2.45) is 11.7 Å². The molecule has 3 heteroatoms. The van der Waals surface area contributed by atoms with Crippen LogP contribution < -0.4 is 5.73 Å². The minimum absolute atomic E-state index is 0.265. The standard InChI is InChI=1S/C11H26N2O/c1-4-11(5-2)13(7-6-12)8-10(3)9-14/h10-11,14H,4-9,12H2,1-3H3. The second-order valence-electron chi connectivity index (χ2n) is 4.04. The molecule has 0 aliphatic carbocycles. The first-order valence-electron chi connectivity index (χ1n) is 5.74. The van der Waals surface area contributed by atoms with E-state index < -0.39 is 0 Å². The van der Waals surface area contributed by atoms with Crippen molar-refractivity contribution in [3.05, 3.63) is 0 Å². The maximum absolute atomic E-state index is 9.02. The van der Waals surface area contributed by atoms with Crippen molar-refractivity contribution in [3.8, 4) is 0 Å². The summed E-state index contributed by atoms with van der Waals surface area (Å²) < 4.78 is 0. The molecule has 0 aromatic heterocycles. The lowest BCUT2D eigenvalue weighted by Crippen LogP contribution is -2.41. The molecule has 86 valence electrons. The molecule has 3 nitrogen and oxygen atoms in total. The summed E-state index contributed by atoms with van der Waals surface area (Å²) in [5.74, 6) is 0.349. The molecule has 1 unspecified atom stereocenters. The Labute approximate surface area is 88.3 Å². The van der Waals surface area contributed by atoms with Gasteiger partial charge in [0.15, 0.2) is 0 Å². The molecular weight excluding hydrogens is 176 g/mol. The van der Waals surface area contributed by atoms with Crippen LogP contribution in [0, 0.1) is 5.92 Å². The average Bonchev–Trinajstić information content (AvgIpc) is 2.19. The molecular formula is C11H26N2O. The molecule has 0 spiro atoms. The molecule has 0 aromatic rings. The first-order chi connectivity index (χ1) is 6.69. The Bertz CT molecular complexity index is 126. The fourth-order valence-corrected chi connectivity index (χ4v) is 1.85. The normalized spacial score (nSPS) is 13.9. The van der Waals surface area contributed by atoms with Gasteiger partial charge in [0.25, 0.3) is 0 Å². The van der Waals surface area contributed by atoms with Crippen molar-refractivity contribution in [1.82, 2.24) is 4.90 Å². The van der Waals surface area contributed by atoms with Gasteiger partial charge in [0, 0.05) is 32.3 Å². The Morgan fingerprint density at radius 2 is 1.86 bits per heavy atom. The van der Waals surface area contributed by atoms with Crippen molar-refractivity contribution in [3.63, 3.8) is 0 Å². The molecule has 14 heavy (non-hydrogen) atoms. The molecule has 0 bridgehead atoms. The van der Waals surface area contributed by atoms with Crippen LogP contribution in [0.3, 0.4) is 0 Å². The predicted octanol–water partition coefficient (Wildman–Crippen LogP) is 1.06. The number of nitrogens with zero attached hydrogens (tertiary/aromatic N) is 1. The molecule has 3 N–H and O–H groups in total. The highest BCUT2D eigenvalue weighted by Gasteiger charge is 2.16. The third-order valence-corrected chi connectivity index (χ3v) is 2.73. The minimum atomic E-state index is 0.265. The number of nitrogens with two attached hydrogens (primary N) is 1. The fraction of sp³-hybridized carbons (Fsp3) is 1.00. The summed E-state index contributed by atoms with van der Waals surface area (Å²) in [5.41, 5.74) is 5.59. The van der Waals surface area contributed by atoms with Crippen molar-refractivity contribution in [1.29, 1.82) is 0 Å². The van der Waals surface area contributed by atoms with E-state index in [4.69, 9.17) is 10.8 Å². The molecule has 0 rings (SSSR count). The summed E-state index contributed by atoms with van der Waals surface area (Å²) in [4.78, 5) is 2.40. The van der Waals surface area contributed by atoms with E-state index in [-0.39, 0.29) is 6.61 Å². The van der Waals surface area contributed by atoms with Gasteiger partial charge in [-0.1, -0.05) is 20.8 Å². The minimum Gasteiger partial charge on any atom is -0.396 e. The molecule has 0 heterocycles. The topological polar surface area (TPSA) is 49.5 Å². The predicted molar refractivity (Wildman–Crippen MR) is 61.2 cm³/mol. The van der Waals surface area contributed by atoms with Crippen LogP contribution in [0.1, 0.15) is 33.6 Å². The maximum atomic E-state index is 9.02. The number of aliphatic hydroxyl groups excluding tert-OH is 1. The van der Waals surface area contributed by atoms with Gasteiger partial charge < -0.3 is 10.8 Å². The molecule has 0 fully saturated rings. The second-order valence-corrected chi connectivity index (χ2v) is 4.04. The Balaban J connectivity index is 4.10. The monoisotopic (exact) mass is 202 g/mol. The largest absolute Gasteiger partial charge is 0.396 e. The van der Waals surface area contributed by atoms with Crippen LogP contribution in [-0.4, -0.2) is 42.3 Å². The van der Waals surface area contributed by atoms with E-state index in [1.54, 1.807) is 0 Å². The van der Waals surface area contributed by atoms with Gasteiger partial charge in [-0.05, 0) is 18.8 Å². The van der Waals surface area contributed by atoms with Gasteiger partial charge >= 0.3 is 0 Å². The smallest absolute Gasteiger partial charge is 0.0468 e. The van der Waals surface area contributed by atoms with Crippen LogP contribution in [0.2, 0.25) is 0 Å². The van der Waals surface area contributed by atoms with E-state index in [0.717, 1.165) is 25.9 Å². The van der Waals surface area contributed by atoms with Gasteiger partial charge in [-0.15, -0.1) is 0 Å². The summed E-state index contributed by atoms with van der Waals surface area (Å²) in [6, 6.07) is 0.618. The summed E-state index contributed by atoms with van der Waals surface area (Å²) in [6.07, 6.45) is 2.32. The van der Waals surface area contributed by atoms with E-state index in [9.17, 15) is 0 Å². The van der Waals surface area contributed by atoms with E-state index in [1.807, 2.05) is 0 Å². The van der Waals surface area contributed by atoms with Crippen molar-refractivity contribution in [2.75, 3.05) is 26.2 Å². The molecule has 0 saturated heterocycles. The summed E-state index contributed by atoms with van der Waals surface area (Å²) in [6.45, 7) is 9.36. The fourth-order valence-electron chi connectivity index (χ4n) is 1.85. The third-order valence-electron chi connectivity index (χ3n) is 2.73. The molecule has 0 saturated carbocycles. The Morgan fingerprint density at radius 3 is 2.21 bits per heavy atom. The Hall–Kier alpha value is -0.120. The van der Waals surface area contributed by atoms with Crippen LogP contribution in [0.4, 0.5) is 0 Å². The number of hydrogen-bond acceptors (Lipinski definition) is 3. The highest BCUT2D eigenvalue weighted by atomic mass is 16.3. The number of rotatable bonds is 8. The van der Waals surface area contributed by atoms with Crippen molar-refractivity contribution < 1.29 is 5.11 Å². The van der Waals surface area contributed by atoms with E-state index in [2.05, 4.69) is 25.7 Å². The Morgan fingerprint density at radius 1 is 1.29 bits per heavy atom. The maximum Gasteiger partial charge on any atom is 0.0468 e. The van der Waals surface area contributed by atoms with Gasteiger partial charge in [-0.25, -0.2) is 0 Å². The Kier molecular flexibility index (Phi) is 8.14. The van der Waals surface area contributed by atoms with Gasteiger partial charge in [-0.2, -0.15) is 0 Å². The highest BCUT2D eigenvalue weighted by molar-refractivity contribution is 4.71. The molecule has 0 aliphatic rings. The van der Waals surface area contributed by atoms with Crippen LogP contribution in [0.5, 0.6) is 0 Å². The lowest BCUT2D eigenvalue weighted by Gasteiger charge is -2.31. The molecule has 0 radical (unpaired) electrons. The van der Waals surface area contributed by atoms with Crippen LogP contribution in [-0.2, 0) is 0 Å². The number of aliphatic hydroxyl groups is 1. The first kappa shape index (κ1) is 13.9. The van der Waals surface area contributed by atoms with Crippen molar-refractivity contribution in [2.45, 2.75) is 39.7 Å². The zero-order chi connectivity index (χ0) is 11.0. The van der Waals surface area contributed by atoms with Crippen molar-refractivity contribution >= 4 is 0 Å². The van der Waals surface area contributed by atoms with Crippen LogP contribution in [0.25, 0.3) is 0 Å². The molecule has 0 aliphatic heterocycles. The average molecular weight is 202 g/mol. The lowest BCUT2D eigenvalue weighted by atomic mass is 10.1.